The molecule has 1 aliphatic rings. The van der Waals surface area contributed by atoms with Crippen molar-refractivity contribution in [2.45, 2.75) is 33.1 Å². The number of rotatable bonds is 6. The lowest BCUT2D eigenvalue weighted by molar-refractivity contribution is 0.660. The zero-order chi connectivity index (χ0) is 40.5. The fourth-order valence-electron chi connectivity index (χ4n) is 9.85. The zero-order valence-corrected chi connectivity index (χ0v) is 34.5. The number of anilines is 3. The van der Waals surface area contributed by atoms with Gasteiger partial charge in [0.15, 0.2) is 0 Å². The average molecular weight is 768 g/mol. The minimum absolute atomic E-state index is 0.186. The number of hydrogen-bond acceptors (Lipinski definition) is 1. The normalized spacial score (nSPS) is 12.8. The molecule has 0 spiro atoms. The molecule has 0 saturated carbocycles. The van der Waals surface area contributed by atoms with Crippen LogP contribution in [-0.4, -0.2) is 0 Å². The molecule has 0 radical (unpaired) electrons. The molecule has 60 heavy (non-hydrogen) atoms. The third-order valence-electron chi connectivity index (χ3n) is 13.1. The van der Waals surface area contributed by atoms with Crippen molar-refractivity contribution in [3.63, 3.8) is 0 Å². The molecule has 1 aliphatic carbocycles. The van der Waals surface area contributed by atoms with Gasteiger partial charge in [-0.15, -0.1) is 0 Å². The van der Waals surface area contributed by atoms with Crippen LogP contribution in [0, 0.1) is 13.8 Å². The molecule has 1 heteroatoms. The maximum Gasteiger partial charge on any atom is 0.0540 e. The smallest absolute Gasteiger partial charge is 0.0540 e. The molecular formula is C59H45N. The highest BCUT2D eigenvalue weighted by atomic mass is 15.1. The molecule has 1 nitrogen and oxygen atoms in total. The van der Waals surface area contributed by atoms with Crippen LogP contribution < -0.4 is 4.90 Å². The van der Waals surface area contributed by atoms with Crippen LogP contribution in [0.4, 0.5) is 17.1 Å². The predicted molar refractivity (Wildman–Crippen MR) is 257 cm³/mol. The molecule has 0 aliphatic heterocycles. The van der Waals surface area contributed by atoms with E-state index in [1.54, 1.807) is 0 Å². The Labute approximate surface area is 352 Å². The Hall–Kier alpha value is -7.22. The highest BCUT2D eigenvalue weighted by Gasteiger charge is 2.36. The van der Waals surface area contributed by atoms with E-state index in [0.717, 1.165) is 11.4 Å². The summed E-state index contributed by atoms with van der Waals surface area (Å²) < 4.78 is 0. The van der Waals surface area contributed by atoms with Crippen molar-refractivity contribution in [2.24, 2.45) is 0 Å². The summed E-state index contributed by atoms with van der Waals surface area (Å²) in [4.78, 5) is 2.47. The van der Waals surface area contributed by atoms with Crippen LogP contribution in [0.25, 0.3) is 76.8 Å². The zero-order valence-electron chi connectivity index (χ0n) is 34.5. The van der Waals surface area contributed by atoms with E-state index in [-0.39, 0.29) is 5.41 Å². The van der Waals surface area contributed by atoms with Gasteiger partial charge < -0.3 is 4.90 Å². The molecule has 0 amide bonds. The summed E-state index contributed by atoms with van der Waals surface area (Å²) in [5.74, 6) is 0. The first-order valence-electron chi connectivity index (χ1n) is 21.1. The van der Waals surface area contributed by atoms with Crippen LogP contribution in [-0.2, 0) is 5.41 Å². The molecule has 0 aromatic heterocycles. The summed E-state index contributed by atoms with van der Waals surface area (Å²) in [5, 5.41) is 7.52. The lowest BCUT2D eigenvalue weighted by atomic mass is 9.81. The second-order valence-electron chi connectivity index (χ2n) is 17.1. The first-order valence-corrected chi connectivity index (χ1v) is 21.1. The topological polar surface area (TPSA) is 3.24 Å². The molecule has 286 valence electrons. The number of hydrogen-bond donors (Lipinski definition) is 0. The van der Waals surface area contributed by atoms with Crippen LogP contribution in [0.5, 0.6) is 0 Å². The van der Waals surface area contributed by atoms with Crippen LogP contribution in [0.2, 0.25) is 0 Å². The van der Waals surface area contributed by atoms with E-state index in [2.05, 4.69) is 233 Å². The third-order valence-corrected chi connectivity index (χ3v) is 13.1. The van der Waals surface area contributed by atoms with E-state index in [1.165, 1.54) is 105 Å². The summed E-state index contributed by atoms with van der Waals surface area (Å²) in [7, 11) is 0. The predicted octanol–water partition coefficient (Wildman–Crippen LogP) is 16.5. The fourth-order valence-corrected chi connectivity index (χ4v) is 9.85. The highest BCUT2D eigenvalue weighted by Crippen LogP contribution is 2.52. The number of nitrogens with zero attached hydrogens (tertiary/aromatic N) is 1. The summed E-state index contributed by atoms with van der Waals surface area (Å²) in [6.07, 6.45) is 0. The van der Waals surface area contributed by atoms with Crippen molar-refractivity contribution < 1.29 is 0 Å². The highest BCUT2D eigenvalue weighted by molar-refractivity contribution is 6.00. The molecule has 0 heterocycles. The van der Waals surface area contributed by atoms with Gasteiger partial charge in [-0.2, -0.15) is 0 Å². The minimum Gasteiger partial charge on any atom is -0.310 e. The largest absolute Gasteiger partial charge is 0.310 e. The Kier molecular flexibility index (Phi) is 8.36. The third kappa shape index (κ3) is 5.92. The first-order chi connectivity index (χ1) is 29.3. The van der Waals surface area contributed by atoms with E-state index in [0.29, 0.717) is 0 Å². The Bertz CT molecular complexity index is 3320. The summed E-state index contributed by atoms with van der Waals surface area (Å²) in [6, 6.07) is 74.3. The van der Waals surface area contributed by atoms with Crippen molar-refractivity contribution in [2.75, 3.05) is 4.90 Å². The van der Waals surface area contributed by atoms with Crippen molar-refractivity contribution in [3.05, 3.63) is 222 Å². The molecule has 10 aromatic rings. The molecule has 11 rings (SSSR count). The fraction of sp³-hybridized carbons (Fsp3) is 0.0847. The monoisotopic (exact) mass is 767 g/mol. The number of fused-ring (bicyclic) bond motifs is 6. The number of aryl methyl sites for hydroxylation is 2. The van der Waals surface area contributed by atoms with E-state index >= 15 is 0 Å². The van der Waals surface area contributed by atoms with Crippen molar-refractivity contribution in [1.29, 1.82) is 0 Å². The standard InChI is InChI=1S/C59H45N/c1-38-32-45(46-22-20-40-12-5-7-15-43(40)34-46)24-28-51(38)52-30-26-49(33-39(52)2)60(58-19-11-17-42-14-9-10-18-53(42)58)50-27-31-55-54-29-25-48(36-56(54)59(3,4)57(55)37-50)47-23-21-41-13-6-8-16-44(41)35-47/h5-37H,1-4H3. The van der Waals surface area contributed by atoms with Gasteiger partial charge in [-0.05, 0) is 156 Å². The lowest BCUT2D eigenvalue weighted by Gasteiger charge is -2.29. The van der Waals surface area contributed by atoms with E-state index in [1.807, 2.05) is 0 Å². The van der Waals surface area contributed by atoms with Crippen LogP contribution >= 0.6 is 0 Å². The van der Waals surface area contributed by atoms with E-state index in [4.69, 9.17) is 0 Å². The van der Waals surface area contributed by atoms with Gasteiger partial charge in [-0.3, -0.25) is 0 Å². The van der Waals surface area contributed by atoms with Gasteiger partial charge >= 0.3 is 0 Å². The van der Waals surface area contributed by atoms with Crippen molar-refractivity contribution in [3.8, 4) is 44.5 Å². The van der Waals surface area contributed by atoms with Gasteiger partial charge in [0.25, 0.3) is 0 Å². The molecule has 0 fully saturated rings. The molecule has 0 atom stereocenters. The van der Waals surface area contributed by atoms with Crippen molar-refractivity contribution >= 4 is 49.4 Å². The quantitative estimate of drug-likeness (QED) is 0.163. The summed E-state index contributed by atoms with van der Waals surface area (Å²) >= 11 is 0. The van der Waals surface area contributed by atoms with E-state index < -0.39 is 0 Å². The summed E-state index contributed by atoms with van der Waals surface area (Å²) in [6.45, 7) is 9.28. The maximum atomic E-state index is 2.47. The van der Waals surface area contributed by atoms with Crippen molar-refractivity contribution in [1.82, 2.24) is 0 Å². The number of benzene rings is 10. The van der Waals surface area contributed by atoms with Gasteiger partial charge in [0, 0.05) is 22.2 Å². The van der Waals surface area contributed by atoms with Gasteiger partial charge in [-0.25, -0.2) is 0 Å². The van der Waals surface area contributed by atoms with Gasteiger partial charge in [0.1, 0.15) is 0 Å². The Morgan fingerprint density at radius 1 is 0.333 bits per heavy atom. The Morgan fingerprint density at radius 2 is 0.783 bits per heavy atom. The minimum atomic E-state index is -0.186. The summed E-state index contributed by atoms with van der Waals surface area (Å²) in [5.41, 5.74) is 18.7. The molecular weight excluding hydrogens is 723 g/mol. The second-order valence-corrected chi connectivity index (χ2v) is 17.1. The first kappa shape index (κ1) is 35.9. The Morgan fingerprint density at radius 3 is 1.42 bits per heavy atom. The van der Waals surface area contributed by atoms with Crippen LogP contribution in [0.3, 0.4) is 0 Å². The molecule has 0 N–H and O–H groups in total. The van der Waals surface area contributed by atoms with Crippen LogP contribution in [0.15, 0.2) is 200 Å². The van der Waals surface area contributed by atoms with Gasteiger partial charge in [0.2, 0.25) is 0 Å². The average Bonchev–Trinajstić information content (AvgIpc) is 3.51. The molecule has 0 bridgehead atoms. The second kappa shape index (κ2) is 14.0. The SMILES string of the molecule is Cc1cc(-c2ccc3ccccc3c2)ccc1-c1ccc(N(c2ccc3c(c2)C(C)(C)c2cc(-c4ccc5ccccc5c4)ccc2-3)c2cccc3ccccc23)cc1C. The van der Waals surface area contributed by atoms with Gasteiger partial charge in [0.05, 0.1) is 5.69 Å². The van der Waals surface area contributed by atoms with E-state index in [9.17, 15) is 0 Å². The Balaban J connectivity index is 0.989. The van der Waals surface area contributed by atoms with Crippen LogP contribution in [0.1, 0.15) is 36.1 Å². The molecule has 10 aromatic carbocycles. The molecule has 0 unspecified atom stereocenters. The van der Waals surface area contributed by atoms with Gasteiger partial charge in [-0.1, -0.05) is 166 Å². The maximum absolute atomic E-state index is 2.47. The lowest BCUT2D eigenvalue weighted by Crippen LogP contribution is -2.17. The molecule has 0 saturated heterocycles.